The van der Waals surface area contributed by atoms with Crippen LogP contribution < -0.4 is 0 Å². The summed E-state index contributed by atoms with van der Waals surface area (Å²) in [6, 6.07) is 35.2. The van der Waals surface area contributed by atoms with Crippen LogP contribution in [0.4, 0.5) is 50.4 Å². The van der Waals surface area contributed by atoms with Gasteiger partial charge in [0.15, 0.2) is 0 Å². The second-order valence-corrected chi connectivity index (χ2v) is 15.4. The van der Waals surface area contributed by atoms with Gasteiger partial charge in [-0.1, -0.05) is 36.4 Å². The van der Waals surface area contributed by atoms with E-state index in [-0.39, 0.29) is 19.8 Å². The summed E-state index contributed by atoms with van der Waals surface area (Å²) in [5.74, 6) is 0. The largest absolute Gasteiger partial charge is 0.255 e. The van der Waals surface area contributed by atoms with Gasteiger partial charge in [0.25, 0.3) is 0 Å². The van der Waals surface area contributed by atoms with Crippen LogP contribution in [-0.2, 0) is 19.8 Å². The van der Waals surface area contributed by atoms with Gasteiger partial charge < -0.3 is 0 Å². The molecule has 7 heterocycles. The molecule has 0 spiro atoms. The molecular formula is C38H31F12N7OsP2-2. The number of halogens is 12. The average molecular weight is 1070 g/mol. The van der Waals surface area contributed by atoms with Gasteiger partial charge in [0.05, 0.1) is 34.2 Å². The van der Waals surface area contributed by atoms with Crippen LogP contribution in [0.1, 0.15) is 16.7 Å². The normalized spacial score (nSPS) is 13.1. The molecule has 0 saturated carbocycles. The molecular weight excluding hydrogens is 1030 g/mol. The first-order valence-corrected chi connectivity index (χ1v) is 20.5. The molecule has 7 rings (SSSR count). The zero-order valence-electron chi connectivity index (χ0n) is 30.6. The van der Waals surface area contributed by atoms with Crippen LogP contribution in [0.15, 0.2) is 159 Å². The molecule has 0 aliphatic rings. The Morgan fingerprint density at radius 3 is 0.983 bits per heavy atom. The minimum atomic E-state index is -10.7. The van der Waals surface area contributed by atoms with E-state index in [1.54, 1.807) is 37.2 Å². The Morgan fingerprint density at radius 1 is 0.350 bits per heavy atom. The van der Waals surface area contributed by atoms with Crippen LogP contribution in [0.3, 0.4) is 0 Å². The Bertz CT molecular complexity index is 2170. The van der Waals surface area contributed by atoms with Gasteiger partial charge in [-0.05, 0) is 109 Å². The Kier molecular flexibility index (Phi) is 16.6. The molecule has 0 bridgehead atoms. The number of hydrogen-bond acceptors (Lipinski definition) is 7. The second-order valence-electron chi connectivity index (χ2n) is 11.6. The molecule has 0 N–H and O–H groups in total. The van der Waals surface area contributed by atoms with E-state index in [4.69, 9.17) is 0 Å². The van der Waals surface area contributed by atoms with Gasteiger partial charge >= 0.3 is 66.0 Å². The first-order chi connectivity index (χ1) is 27.1. The Balaban J connectivity index is 0.000000276. The predicted molar refractivity (Wildman–Crippen MR) is 207 cm³/mol. The molecule has 0 radical (unpaired) electrons. The number of aryl methyl sites for hydroxylation is 1. The molecule has 0 amide bonds. The third-order valence-corrected chi connectivity index (χ3v) is 6.32. The van der Waals surface area contributed by atoms with Crippen LogP contribution >= 0.6 is 15.6 Å². The average Bonchev–Trinajstić information content (AvgIpc) is 3.17. The van der Waals surface area contributed by atoms with Gasteiger partial charge in [0.2, 0.25) is 0 Å². The minimum absolute atomic E-state index is 0. The van der Waals surface area contributed by atoms with Crippen molar-refractivity contribution >= 4 is 27.8 Å². The monoisotopic (exact) mass is 1070 g/mol. The first-order valence-electron chi connectivity index (χ1n) is 16.4. The van der Waals surface area contributed by atoms with Crippen molar-refractivity contribution in [1.82, 2.24) is 34.9 Å². The summed E-state index contributed by atoms with van der Waals surface area (Å²) >= 11 is 0. The maximum absolute atomic E-state index is 10.7. The van der Waals surface area contributed by atoms with Crippen molar-refractivity contribution < 1.29 is 70.2 Å². The van der Waals surface area contributed by atoms with E-state index in [1.807, 2.05) is 122 Å². The van der Waals surface area contributed by atoms with Crippen LogP contribution in [-0.4, -0.2) is 34.9 Å². The van der Waals surface area contributed by atoms with E-state index in [0.717, 1.165) is 45.3 Å². The molecule has 0 unspecified atom stereocenters. The van der Waals surface area contributed by atoms with Crippen molar-refractivity contribution in [1.29, 1.82) is 0 Å². The van der Waals surface area contributed by atoms with E-state index >= 15 is 0 Å². The van der Waals surface area contributed by atoms with Gasteiger partial charge in [-0.3, -0.25) is 34.9 Å². The summed E-state index contributed by atoms with van der Waals surface area (Å²) in [5, 5.41) is 0. The summed E-state index contributed by atoms with van der Waals surface area (Å²) in [6.07, 6.45) is 18.4. The standard InChI is InChI=1S/C18H15N3.2C10H8N2.2F6P.Os/c1-14-4-10-20-17(12-14)18-13-16(7-11-21-18)3-2-15-5-8-19-9-6-15;2*1-3-7-11-9(5-1)10-6-2-4-8-12-10;2*1-7(2,3,4,5)6;/h2-13H,1H3;2*1-8H;;;/q;;;2*-1;/b3-2+;;;;;. The Hall–Kier alpha value is -5.55. The van der Waals surface area contributed by atoms with E-state index in [0.29, 0.717) is 0 Å². The smallest absolute Gasteiger partial charge is 0.0886 e. The summed E-state index contributed by atoms with van der Waals surface area (Å²) in [5.41, 5.74) is 8.84. The molecule has 7 nitrogen and oxygen atoms in total. The molecule has 322 valence electrons. The summed E-state index contributed by atoms with van der Waals surface area (Å²) < 4.78 is 118. The topological polar surface area (TPSA) is 90.2 Å². The van der Waals surface area contributed by atoms with Crippen molar-refractivity contribution in [2.24, 2.45) is 0 Å². The fourth-order valence-electron chi connectivity index (χ4n) is 4.09. The Labute approximate surface area is 348 Å². The molecule has 0 aliphatic heterocycles. The summed E-state index contributed by atoms with van der Waals surface area (Å²) in [7, 11) is -21.3. The van der Waals surface area contributed by atoms with Crippen molar-refractivity contribution in [3.8, 4) is 34.2 Å². The summed E-state index contributed by atoms with van der Waals surface area (Å²) in [6.45, 7) is 2.05. The number of aromatic nitrogens is 7. The molecule has 60 heavy (non-hydrogen) atoms. The van der Waals surface area contributed by atoms with Crippen LogP contribution in [0.25, 0.3) is 46.3 Å². The van der Waals surface area contributed by atoms with Crippen molar-refractivity contribution in [2.45, 2.75) is 6.92 Å². The fraction of sp³-hybridized carbons (Fsp3) is 0.0263. The zero-order chi connectivity index (χ0) is 43.8. The Morgan fingerprint density at radius 2 is 0.650 bits per heavy atom. The number of pyridine rings is 7. The van der Waals surface area contributed by atoms with E-state index in [9.17, 15) is 50.4 Å². The van der Waals surface area contributed by atoms with Gasteiger partial charge in [-0.2, -0.15) is 0 Å². The van der Waals surface area contributed by atoms with Gasteiger partial charge in [-0.15, -0.1) is 0 Å². The van der Waals surface area contributed by atoms with E-state index in [2.05, 4.69) is 54.0 Å². The number of rotatable bonds is 5. The van der Waals surface area contributed by atoms with Crippen molar-refractivity contribution in [3.05, 3.63) is 175 Å². The molecule has 7 aromatic rings. The maximum Gasteiger partial charge on any atom is 0.0886 e. The number of nitrogens with zero attached hydrogens (tertiary/aromatic N) is 7. The van der Waals surface area contributed by atoms with Crippen LogP contribution in [0.2, 0.25) is 0 Å². The van der Waals surface area contributed by atoms with Crippen molar-refractivity contribution in [3.63, 3.8) is 0 Å². The summed E-state index contributed by atoms with van der Waals surface area (Å²) in [4.78, 5) is 29.5. The minimum Gasteiger partial charge on any atom is -0.255 e. The second kappa shape index (κ2) is 19.7. The van der Waals surface area contributed by atoms with Crippen molar-refractivity contribution in [2.75, 3.05) is 0 Å². The van der Waals surface area contributed by atoms with Gasteiger partial charge in [-0.25, -0.2) is 0 Å². The molecule has 0 fully saturated rings. The molecule has 7 aromatic heterocycles. The SMILES string of the molecule is Cc1ccnc(-c2cc(/C=C/c3ccncc3)ccn2)c1.F[P-](F)(F)(F)(F)F.F[P-](F)(F)(F)(F)F.[Os].c1ccc(-c2ccccn2)nc1.c1ccc(-c2ccccn2)nc1. The fourth-order valence-corrected chi connectivity index (χ4v) is 4.09. The van der Waals surface area contributed by atoms with E-state index < -0.39 is 15.6 Å². The number of hydrogen-bond donors (Lipinski definition) is 0. The van der Waals surface area contributed by atoms with Gasteiger partial charge in [0, 0.05) is 69.4 Å². The predicted octanol–water partition coefficient (Wildman–Crippen LogP) is 15.1. The third-order valence-electron chi connectivity index (χ3n) is 6.32. The quantitative estimate of drug-likeness (QED) is 0.125. The zero-order valence-corrected chi connectivity index (χ0v) is 34.9. The molecule has 0 aliphatic carbocycles. The third kappa shape index (κ3) is 27.2. The van der Waals surface area contributed by atoms with Crippen LogP contribution in [0.5, 0.6) is 0 Å². The molecule has 0 atom stereocenters. The van der Waals surface area contributed by atoms with Crippen LogP contribution in [0, 0.1) is 6.92 Å². The van der Waals surface area contributed by atoms with E-state index in [1.165, 1.54) is 5.56 Å². The molecule has 22 heteroatoms. The van der Waals surface area contributed by atoms with Gasteiger partial charge in [0.1, 0.15) is 0 Å². The maximum atomic E-state index is 9.87. The molecule has 0 aromatic carbocycles. The first kappa shape index (κ1) is 50.6. The molecule has 0 saturated heterocycles.